The summed E-state index contributed by atoms with van der Waals surface area (Å²) < 4.78 is 5.78. The molecule has 0 aromatic rings. The van der Waals surface area contributed by atoms with Gasteiger partial charge in [-0.1, -0.05) is 38.3 Å². The van der Waals surface area contributed by atoms with E-state index < -0.39 is 0 Å². The normalized spacial score (nSPS) is 14.0. The van der Waals surface area contributed by atoms with Crippen LogP contribution in [0.4, 0.5) is 0 Å². The van der Waals surface area contributed by atoms with Crippen molar-refractivity contribution in [2.45, 2.75) is 19.4 Å². The molecule has 2 nitrogen and oxygen atoms in total. The standard InChI is InChI=1S/C13H23NO/c1-6-9-12(7-2)11-15-13(8-3)10-14(4)5/h6-7,9,13H,1-2,8,10-11H2,3-5H3/b12-9+. The highest BCUT2D eigenvalue weighted by atomic mass is 16.5. The van der Waals surface area contributed by atoms with E-state index in [2.05, 4.69) is 39.1 Å². The van der Waals surface area contributed by atoms with Gasteiger partial charge in [0.1, 0.15) is 0 Å². The molecule has 0 aromatic heterocycles. The van der Waals surface area contributed by atoms with E-state index in [0.29, 0.717) is 6.61 Å². The fraction of sp³-hybridized carbons (Fsp3) is 0.538. The lowest BCUT2D eigenvalue weighted by atomic mass is 10.2. The van der Waals surface area contributed by atoms with Crippen LogP contribution in [0.15, 0.2) is 37.0 Å². The van der Waals surface area contributed by atoms with Gasteiger partial charge in [-0.15, -0.1) is 0 Å². The predicted molar refractivity (Wildman–Crippen MR) is 67.1 cm³/mol. The molecule has 1 atom stereocenters. The van der Waals surface area contributed by atoms with Crippen LogP contribution in [0.5, 0.6) is 0 Å². The van der Waals surface area contributed by atoms with Crippen molar-refractivity contribution in [2.24, 2.45) is 0 Å². The van der Waals surface area contributed by atoms with Crippen LogP contribution in [0.1, 0.15) is 13.3 Å². The average Bonchev–Trinajstić information content (AvgIpc) is 2.21. The van der Waals surface area contributed by atoms with Crippen LogP contribution in [-0.2, 0) is 4.74 Å². The van der Waals surface area contributed by atoms with E-state index in [4.69, 9.17) is 4.74 Å². The highest BCUT2D eigenvalue weighted by molar-refractivity contribution is 5.21. The summed E-state index contributed by atoms with van der Waals surface area (Å²) in [6.45, 7) is 11.1. The summed E-state index contributed by atoms with van der Waals surface area (Å²) in [6.07, 6.45) is 6.80. The second-order valence-corrected chi connectivity index (χ2v) is 3.78. The molecule has 0 aliphatic rings. The Kier molecular flexibility index (Phi) is 7.96. The van der Waals surface area contributed by atoms with Gasteiger partial charge in [-0.25, -0.2) is 0 Å². The van der Waals surface area contributed by atoms with E-state index in [-0.39, 0.29) is 6.10 Å². The Morgan fingerprint density at radius 2 is 2.07 bits per heavy atom. The van der Waals surface area contributed by atoms with E-state index in [1.807, 2.05) is 12.2 Å². The van der Waals surface area contributed by atoms with Gasteiger partial charge in [-0.05, 0) is 26.1 Å². The Labute approximate surface area is 93.9 Å². The maximum absolute atomic E-state index is 5.78. The van der Waals surface area contributed by atoms with Crippen molar-refractivity contribution in [3.05, 3.63) is 37.0 Å². The maximum atomic E-state index is 5.78. The molecule has 0 radical (unpaired) electrons. The molecule has 0 aliphatic heterocycles. The zero-order valence-electron chi connectivity index (χ0n) is 10.2. The van der Waals surface area contributed by atoms with E-state index in [1.54, 1.807) is 6.08 Å². The van der Waals surface area contributed by atoms with E-state index >= 15 is 0 Å². The second kappa shape index (κ2) is 8.45. The molecule has 0 aromatic carbocycles. The Morgan fingerprint density at radius 3 is 2.47 bits per heavy atom. The lowest BCUT2D eigenvalue weighted by Gasteiger charge is -2.20. The molecule has 0 bridgehead atoms. The predicted octanol–water partition coefficient (Wildman–Crippen LogP) is 2.64. The molecule has 15 heavy (non-hydrogen) atoms. The molecule has 0 aliphatic carbocycles. The van der Waals surface area contributed by atoms with Crippen LogP contribution in [0.25, 0.3) is 0 Å². The van der Waals surface area contributed by atoms with E-state index in [9.17, 15) is 0 Å². The summed E-state index contributed by atoms with van der Waals surface area (Å²) in [5, 5.41) is 0. The van der Waals surface area contributed by atoms with Gasteiger partial charge in [-0.3, -0.25) is 0 Å². The molecular weight excluding hydrogens is 186 g/mol. The number of ether oxygens (including phenoxy) is 1. The van der Waals surface area contributed by atoms with Crippen LogP contribution >= 0.6 is 0 Å². The first-order valence-corrected chi connectivity index (χ1v) is 5.34. The molecule has 2 heteroatoms. The third kappa shape index (κ3) is 7.11. The lowest BCUT2D eigenvalue weighted by molar-refractivity contribution is 0.0489. The van der Waals surface area contributed by atoms with Crippen LogP contribution < -0.4 is 0 Å². The zero-order valence-corrected chi connectivity index (χ0v) is 10.2. The van der Waals surface area contributed by atoms with E-state index in [0.717, 1.165) is 18.5 Å². The average molecular weight is 209 g/mol. The first kappa shape index (κ1) is 14.1. The smallest absolute Gasteiger partial charge is 0.0721 e. The minimum absolute atomic E-state index is 0.285. The third-order valence-electron chi connectivity index (χ3n) is 2.10. The van der Waals surface area contributed by atoms with Gasteiger partial charge >= 0.3 is 0 Å². The minimum atomic E-state index is 0.285. The molecular formula is C13H23NO. The fourth-order valence-electron chi connectivity index (χ4n) is 1.25. The zero-order chi connectivity index (χ0) is 11.7. The Hall–Kier alpha value is -0.860. The molecule has 0 spiro atoms. The van der Waals surface area contributed by atoms with Gasteiger partial charge in [0.15, 0.2) is 0 Å². The summed E-state index contributed by atoms with van der Waals surface area (Å²) >= 11 is 0. The van der Waals surface area contributed by atoms with Gasteiger partial charge in [0.25, 0.3) is 0 Å². The fourth-order valence-corrected chi connectivity index (χ4v) is 1.25. The number of allylic oxidation sites excluding steroid dienone is 2. The van der Waals surface area contributed by atoms with Crippen molar-refractivity contribution in [1.29, 1.82) is 0 Å². The Balaban J connectivity index is 4.03. The van der Waals surface area contributed by atoms with Crippen molar-refractivity contribution in [1.82, 2.24) is 4.90 Å². The highest BCUT2D eigenvalue weighted by Gasteiger charge is 2.07. The van der Waals surface area contributed by atoms with E-state index in [1.165, 1.54) is 0 Å². The molecule has 0 saturated carbocycles. The third-order valence-corrected chi connectivity index (χ3v) is 2.10. The summed E-state index contributed by atoms with van der Waals surface area (Å²) in [7, 11) is 4.11. The Morgan fingerprint density at radius 1 is 1.40 bits per heavy atom. The first-order valence-electron chi connectivity index (χ1n) is 5.34. The molecule has 0 amide bonds. The van der Waals surface area contributed by atoms with Crippen molar-refractivity contribution >= 4 is 0 Å². The van der Waals surface area contributed by atoms with Crippen molar-refractivity contribution in [3.63, 3.8) is 0 Å². The number of rotatable bonds is 8. The first-order chi connectivity index (χ1) is 7.13. The van der Waals surface area contributed by atoms with Crippen molar-refractivity contribution < 1.29 is 4.74 Å². The van der Waals surface area contributed by atoms with Crippen LogP contribution in [0.3, 0.4) is 0 Å². The van der Waals surface area contributed by atoms with Crippen molar-refractivity contribution in [2.75, 3.05) is 27.2 Å². The number of likely N-dealkylation sites (N-methyl/N-ethyl adjacent to an activating group) is 1. The number of hydrogen-bond donors (Lipinski definition) is 0. The molecule has 0 heterocycles. The molecule has 0 rings (SSSR count). The molecule has 1 unspecified atom stereocenters. The molecule has 86 valence electrons. The minimum Gasteiger partial charge on any atom is -0.372 e. The van der Waals surface area contributed by atoms with Crippen LogP contribution in [0, 0.1) is 0 Å². The maximum Gasteiger partial charge on any atom is 0.0721 e. The van der Waals surface area contributed by atoms with Crippen molar-refractivity contribution in [3.8, 4) is 0 Å². The second-order valence-electron chi connectivity index (χ2n) is 3.78. The molecule has 0 N–H and O–H groups in total. The van der Waals surface area contributed by atoms with Gasteiger partial charge in [0.2, 0.25) is 0 Å². The largest absolute Gasteiger partial charge is 0.372 e. The van der Waals surface area contributed by atoms with Gasteiger partial charge < -0.3 is 9.64 Å². The summed E-state index contributed by atoms with van der Waals surface area (Å²) in [5.74, 6) is 0. The van der Waals surface area contributed by atoms with Crippen LogP contribution in [-0.4, -0.2) is 38.3 Å². The number of hydrogen-bond acceptors (Lipinski definition) is 2. The summed E-state index contributed by atoms with van der Waals surface area (Å²) in [6, 6.07) is 0. The number of nitrogens with zero attached hydrogens (tertiary/aromatic N) is 1. The molecule has 0 fully saturated rings. The van der Waals surface area contributed by atoms with Gasteiger partial charge in [0.05, 0.1) is 12.7 Å². The SMILES string of the molecule is C=C/C=C(\C=C)COC(CC)CN(C)C. The summed E-state index contributed by atoms with van der Waals surface area (Å²) in [4.78, 5) is 2.14. The van der Waals surface area contributed by atoms with Gasteiger partial charge in [0, 0.05) is 6.54 Å². The summed E-state index contributed by atoms with van der Waals surface area (Å²) in [5.41, 5.74) is 1.07. The Bertz CT molecular complexity index is 219. The lowest BCUT2D eigenvalue weighted by Crippen LogP contribution is -2.28. The monoisotopic (exact) mass is 209 g/mol. The van der Waals surface area contributed by atoms with Crippen LogP contribution in [0.2, 0.25) is 0 Å². The molecule has 0 saturated heterocycles. The topological polar surface area (TPSA) is 12.5 Å². The highest BCUT2D eigenvalue weighted by Crippen LogP contribution is 2.04. The quantitative estimate of drug-likeness (QED) is 0.570. The van der Waals surface area contributed by atoms with Gasteiger partial charge in [-0.2, -0.15) is 0 Å².